The molecule has 0 atom stereocenters. The van der Waals surface area contributed by atoms with Gasteiger partial charge < -0.3 is 5.73 Å². The van der Waals surface area contributed by atoms with Crippen LogP contribution >= 0.6 is 0 Å². The molecular formula is C10H17N5O. The fourth-order valence-electron chi connectivity index (χ4n) is 1.15. The number of amides is 1. The van der Waals surface area contributed by atoms with Gasteiger partial charge in [-0.3, -0.25) is 20.5 Å². The highest BCUT2D eigenvalue weighted by Crippen LogP contribution is 1.96. The number of carbonyl (C=O) groups excluding carboxylic acids is 1. The molecule has 0 aliphatic heterocycles. The van der Waals surface area contributed by atoms with Crippen LogP contribution in [-0.2, 0) is 4.79 Å². The van der Waals surface area contributed by atoms with Crippen LogP contribution in [0.1, 0.15) is 0 Å². The van der Waals surface area contributed by atoms with E-state index in [0.29, 0.717) is 25.5 Å². The fraction of sp³-hybridized carbons (Fsp3) is 0.400. The summed E-state index contributed by atoms with van der Waals surface area (Å²) < 4.78 is 0. The molecule has 0 spiro atoms. The SMILES string of the molecule is CN(CCN)CC(=O)NNc1ccccn1. The van der Waals surface area contributed by atoms with E-state index in [0.717, 1.165) is 0 Å². The van der Waals surface area contributed by atoms with Gasteiger partial charge in [-0.15, -0.1) is 0 Å². The topological polar surface area (TPSA) is 83.3 Å². The molecule has 1 heterocycles. The molecule has 0 aliphatic carbocycles. The monoisotopic (exact) mass is 223 g/mol. The summed E-state index contributed by atoms with van der Waals surface area (Å²) in [6, 6.07) is 5.41. The number of pyridine rings is 1. The zero-order chi connectivity index (χ0) is 11.8. The van der Waals surface area contributed by atoms with Gasteiger partial charge in [-0.25, -0.2) is 4.98 Å². The molecule has 0 radical (unpaired) electrons. The second kappa shape index (κ2) is 6.76. The molecule has 0 bridgehead atoms. The number of hydrazine groups is 1. The molecule has 0 fully saturated rings. The summed E-state index contributed by atoms with van der Waals surface area (Å²) in [5.41, 5.74) is 10.6. The largest absolute Gasteiger partial charge is 0.329 e. The van der Waals surface area contributed by atoms with E-state index in [9.17, 15) is 4.79 Å². The summed E-state index contributed by atoms with van der Waals surface area (Å²) in [6.07, 6.45) is 1.65. The number of nitrogens with one attached hydrogen (secondary N) is 2. The van der Waals surface area contributed by atoms with Crippen LogP contribution in [0.15, 0.2) is 24.4 Å². The zero-order valence-corrected chi connectivity index (χ0v) is 9.31. The second-order valence-electron chi connectivity index (χ2n) is 3.41. The third kappa shape index (κ3) is 4.72. The predicted molar refractivity (Wildman–Crippen MR) is 62.6 cm³/mol. The number of anilines is 1. The summed E-state index contributed by atoms with van der Waals surface area (Å²) in [7, 11) is 1.84. The van der Waals surface area contributed by atoms with Gasteiger partial charge in [0.1, 0.15) is 5.82 Å². The number of nitrogens with zero attached hydrogens (tertiary/aromatic N) is 2. The van der Waals surface area contributed by atoms with E-state index in [4.69, 9.17) is 5.73 Å². The Morgan fingerprint density at radius 3 is 3.00 bits per heavy atom. The number of hydrogen-bond donors (Lipinski definition) is 3. The van der Waals surface area contributed by atoms with Crippen molar-refractivity contribution in [3.63, 3.8) is 0 Å². The van der Waals surface area contributed by atoms with Gasteiger partial charge >= 0.3 is 0 Å². The minimum atomic E-state index is -0.124. The lowest BCUT2D eigenvalue weighted by Gasteiger charge is -2.15. The Hall–Kier alpha value is -1.66. The third-order valence-electron chi connectivity index (χ3n) is 1.92. The van der Waals surface area contributed by atoms with Crippen LogP contribution in [0, 0.1) is 0 Å². The van der Waals surface area contributed by atoms with Crippen molar-refractivity contribution in [1.82, 2.24) is 15.3 Å². The summed E-state index contributed by atoms with van der Waals surface area (Å²) in [5, 5.41) is 0. The second-order valence-corrected chi connectivity index (χ2v) is 3.41. The van der Waals surface area contributed by atoms with Gasteiger partial charge in [-0.2, -0.15) is 0 Å². The van der Waals surface area contributed by atoms with Crippen LogP contribution < -0.4 is 16.6 Å². The Morgan fingerprint density at radius 1 is 1.56 bits per heavy atom. The maximum atomic E-state index is 11.4. The highest BCUT2D eigenvalue weighted by molar-refractivity contribution is 5.79. The van der Waals surface area contributed by atoms with E-state index in [1.54, 1.807) is 12.3 Å². The van der Waals surface area contributed by atoms with Crippen LogP contribution in [0.2, 0.25) is 0 Å². The summed E-state index contributed by atoms with van der Waals surface area (Å²) in [6.45, 7) is 1.53. The lowest BCUT2D eigenvalue weighted by atomic mass is 10.5. The standard InChI is InChI=1S/C10H17N5O/c1-15(7-5-11)8-10(16)14-13-9-4-2-3-6-12-9/h2-4,6H,5,7-8,11H2,1H3,(H,12,13)(H,14,16). The molecular weight excluding hydrogens is 206 g/mol. The minimum absolute atomic E-state index is 0.124. The highest BCUT2D eigenvalue weighted by atomic mass is 16.2. The first-order chi connectivity index (χ1) is 7.72. The molecule has 0 aliphatic rings. The van der Waals surface area contributed by atoms with Crippen molar-refractivity contribution in [2.24, 2.45) is 5.73 Å². The highest BCUT2D eigenvalue weighted by Gasteiger charge is 2.04. The normalized spacial score (nSPS) is 10.2. The number of likely N-dealkylation sites (N-methyl/N-ethyl adjacent to an activating group) is 1. The van der Waals surface area contributed by atoms with Crippen molar-refractivity contribution in [2.75, 3.05) is 32.1 Å². The molecule has 1 aromatic rings. The van der Waals surface area contributed by atoms with E-state index in [1.807, 2.05) is 24.1 Å². The molecule has 6 nitrogen and oxygen atoms in total. The lowest BCUT2D eigenvalue weighted by Crippen LogP contribution is -2.39. The molecule has 1 aromatic heterocycles. The summed E-state index contributed by atoms with van der Waals surface area (Å²) in [5.74, 6) is 0.485. The zero-order valence-electron chi connectivity index (χ0n) is 9.31. The molecule has 1 amide bonds. The first kappa shape index (κ1) is 12.4. The van der Waals surface area contributed by atoms with E-state index in [2.05, 4.69) is 15.8 Å². The van der Waals surface area contributed by atoms with Crippen molar-refractivity contribution in [3.8, 4) is 0 Å². The number of carbonyl (C=O) groups is 1. The number of aromatic nitrogens is 1. The molecule has 0 aromatic carbocycles. The fourth-order valence-corrected chi connectivity index (χ4v) is 1.15. The Kier molecular flexibility index (Phi) is 5.24. The van der Waals surface area contributed by atoms with Crippen molar-refractivity contribution in [2.45, 2.75) is 0 Å². The van der Waals surface area contributed by atoms with Gasteiger partial charge in [0.25, 0.3) is 5.91 Å². The number of rotatable bonds is 6. The first-order valence-corrected chi connectivity index (χ1v) is 5.07. The number of hydrogen-bond acceptors (Lipinski definition) is 5. The van der Waals surface area contributed by atoms with Gasteiger partial charge in [-0.1, -0.05) is 6.07 Å². The van der Waals surface area contributed by atoms with E-state index < -0.39 is 0 Å². The van der Waals surface area contributed by atoms with E-state index >= 15 is 0 Å². The Labute approximate surface area is 94.8 Å². The summed E-state index contributed by atoms with van der Waals surface area (Å²) >= 11 is 0. The average molecular weight is 223 g/mol. The van der Waals surface area contributed by atoms with Crippen molar-refractivity contribution in [1.29, 1.82) is 0 Å². The minimum Gasteiger partial charge on any atom is -0.329 e. The van der Waals surface area contributed by atoms with Gasteiger partial charge in [0.2, 0.25) is 0 Å². The maximum Gasteiger partial charge on any atom is 0.252 e. The average Bonchev–Trinajstić information content (AvgIpc) is 2.28. The molecule has 16 heavy (non-hydrogen) atoms. The van der Waals surface area contributed by atoms with E-state index in [1.165, 1.54) is 0 Å². The number of nitrogens with two attached hydrogens (primary N) is 1. The first-order valence-electron chi connectivity index (χ1n) is 5.07. The molecule has 6 heteroatoms. The van der Waals surface area contributed by atoms with Gasteiger partial charge in [0.05, 0.1) is 6.54 Å². The Morgan fingerprint density at radius 2 is 2.38 bits per heavy atom. The van der Waals surface area contributed by atoms with Crippen molar-refractivity contribution in [3.05, 3.63) is 24.4 Å². The van der Waals surface area contributed by atoms with Crippen LogP contribution in [0.4, 0.5) is 5.82 Å². The lowest BCUT2D eigenvalue weighted by molar-refractivity contribution is -0.121. The quantitative estimate of drug-likeness (QED) is 0.562. The molecule has 0 saturated heterocycles. The predicted octanol–water partition coefficient (Wildman–Crippen LogP) is -0.585. The Bertz CT molecular complexity index is 316. The third-order valence-corrected chi connectivity index (χ3v) is 1.92. The van der Waals surface area contributed by atoms with Crippen LogP contribution in [0.25, 0.3) is 0 Å². The molecule has 88 valence electrons. The van der Waals surface area contributed by atoms with Gasteiger partial charge in [-0.05, 0) is 19.2 Å². The van der Waals surface area contributed by atoms with Crippen molar-refractivity contribution < 1.29 is 4.79 Å². The maximum absolute atomic E-state index is 11.4. The van der Waals surface area contributed by atoms with E-state index in [-0.39, 0.29) is 5.91 Å². The smallest absolute Gasteiger partial charge is 0.252 e. The van der Waals surface area contributed by atoms with Crippen molar-refractivity contribution >= 4 is 11.7 Å². The summed E-state index contributed by atoms with van der Waals surface area (Å²) in [4.78, 5) is 17.3. The molecule has 1 rings (SSSR count). The van der Waals surface area contributed by atoms with Gasteiger partial charge in [0.15, 0.2) is 0 Å². The Balaban J connectivity index is 2.25. The van der Waals surface area contributed by atoms with Crippen LogP contribution in [-0.4, -0.2) is 42.5 Å². The van der Waals surface area contributed by atoms with Crippen LogP contribution in [0.5, 0.6) is 0 Å². The molecule has 4 N–H and O–H groups in total. The van der Waals surface area contributed by atoms with Gasteiger partial charge in [0, 0.05) is 19.3 Å². The molecule has 0 unspecified atom stereocenters. The van der Waals surface area contributed by atoms with Crippen LogP contribution in [0.3, 0.4) is 0 Å². The molecule has 0 saturated carbocycles.